The molecular weight excluding hydrogens is 314 g/mol. The molecule has 1 aliphatic heterocycles. The van der Waals surface area contributed by atoms with Crippen LogP contribution in [0.1, 0.15) is 26.2 Å². The fourth-order valence-electron chi connectivity index (χ4n) is 3.70. The number of carbonyl (C=O) groups excluding carboxylic acids is 1. The lowest BCUT2D eigenvalue weighted by atomic mass is 9.93. The molecule has 0 aliphatic carbocycles. The van der Waals surface area contributed by atoms with Crippen LogP contribution < -0.4 is 4.90 Å². The number of benzene rings is 1. The Hall–Kier alpha value is -2.56. The summed E-state index contributed by atoms with van der Waals surface area (Å²) >= 11 is 0. The Kier molecular flexibility index (Phi) is 4.30. The van der Waals surface area contributed by atoms with Crippen molar-refractivity contribution in [3.05, 3.63) is 42.6 Å². The van der Waals surface area contributed by atoms with Crippen molar-refractivity contribution in [3.8, 4) is 0 Å². The molecule has 3 heterocycles. The zero-order valence-electron chi connectivity index (χ0n) is 14.5. The molecule has 0 unspecified atom stereocenters. The third-order valence-corrected chi connectivity index (χ3v) is 5.03. The maximum absolute atomic E-state index is 11.6. The number of anilines is 1. The molecule has 1 aliphatic rings. The lowest BCUT2D eigenvalue weighted by Crippen LogP contribution is -2.34. The average Bonchev–Trinajstić information content (AvgIpc) is 3.00. The Morgan fingerprint density at radius 3 is 2.84 bits per heavy atom. The second kappa shape index (κ2) is 6.75. The number of pyridine rings is 1. The van der Waals surface area contributed by atoms with Crippen LogP contribution in [0.15, 0.2) is 42.6 Å². The predicted octanol–water partition coefficient (Wildman–Crippen LogP) is 3.66. The standard InChI is InChI=1S/C20H23N3O2/c1-2-25-20(24)13-15-7-10-22(11-8-15)16-9-12-23-18-6-4-3-5-17(18)21-19(23)14-16/h3-6,9,12,14-15H,2,7-8,10-11,13H2,1H3. The van der Waals surface area contributed by atoms with Gasteiger partial charge in [0, 0.05) is 37.5 Å². The summed E-state index contributed by atoms with van der Waals surface area (Å²) in [6.45, 7) is 4.27. The average molecular weight is 337 g/mol. The lowest BCUT2D eigenvalue weighted by molar-refractivity contribution is -0.144. The Morgan fingerprint density at radius 1 is 1.24 bits per heavy atom. The van der Waals surface area contributed by atoms with Crippen molar-refractivity contribution in [1.29, 1.82) is 0 Å². The number of hydrogen-bond acceptors (Lipinski definition) is 4. The van der Waals surface area contributed by atoms with Crippen molar-refractivity contribution in [3.63, 3.8) is 0 Å². The third-order valence-electron chi connectivity index (χ3n) is 5.03. The number of imidazole rings is 1. The van der Waals surface area contributed by atoms with Gasteiger partial charge in [0.1, 0.15) is 5.65 Å². The highest BCUT2D eigenvalue weighted by molar-refractivity contribution is 5.81. The fourth-order valence-corrected chi connectivity index (χ4v) is 3.70. The van der Waals surface area contributed by atoms with Crippen molar-refractivity contribution in [2.75, 3.05) is 24.6 Å². The van der Waals surface area contributed by atoms with E-state index in [0.29, 0.717) is 18.9 Å². The quantitative estimate of drug-likeness (QED) is 0.682. The summed E-state index contributed by atoms with van der Waals surface area (Å²) in [5.74, 6) is 0.375. The zero-order chi connectivity index (χ0) is 17.2. The molecule has 0 spiro atoms. The first-order chi connectivity index (χ1) is 12.2. The van der Waals surface area contributed by atoms with Crippen LogP contribution in [0, 0.1) is 5.92 Å². The van der Waals surface area contributed by atoms with Crippen LogP contribution >= 0.6 is 0 Å². The molecule has 2 aromatic heterocycles. The minimum atomic E-state index is -0.0635. The Balaban J connectivity index is 1.48. The minimum Gasteiger partial charge on any atom is -0.466 e. The highest BCUT2D eigenvalue weighted by atomic mass is 16.5. The van der Waals surface area contributed by atoms with E-state index in [4.69, 9.17) is 9.72 Å². The number of rotatable bonds is 4. The summed E-state index contributed by atoms with van der Waals surface area (Å²) < 4.78 is 7.20. The van der Waals surface area contributed by atoms with Gasteiger partial charge in [0.25, 0.3) is 0 Å². The molecular formula is C20H23N3O2. The molecule has 0 saturated carbocycles. The number of hydrogen-bond donors (Lipinski definition) is 0. The van der Waals surface area contributed by atoms with Gasteiger partial charge in [0.05, 0.1) is 17.6 Å². The van der Waals surface area contributed by atoms with Gasteiger partial charge >= 0.3 is 5.97 Å². The van der Waals surface area contributed by atoms with Crippen LogP contribution in [0.3, 0.4) is 0 Å². The molecule has 130 valence electrons. The minimum absolute atomic E-state index is 0.0635. The van der Waals surface area contributed by atoms with E-state index in [2.05, 4.69) is 33.7 Å². The molecule has 1 aromatic carbocycles. The Bertz CT molecular complexity index is 894. The van der Waals surface area contributed by atoms with Gasteiger partial charge in [-0.05, 0) is 43.9 Å². The summed E-state index contributed by atoms with van der Waals surface area (Å²) in [5.41, 5.74) is 4.34. The van der Waals surface area contributed by atoms with Gasteiger partial charge in [-0.1, -0.05) is 12.1 Å². The molecule has 25 heavy (non-hydrogen) atoms. The van der Waals surface area contributed by atoms with Crippen molar-refractivity contribution >= 4 is 28.3 Å². The number of aromatic nitrogens is 2. The van der Waals surface area contributed by atoms with Crippen LogP contribution in [-0.4, -0.2) is 35.1 Å². The first kappa shape index (κ1) is 15.9. The van der Waals surface area contributed by atoms with Gasteiger partial charge in [0.2, 0.25) is 0 Å². The van der Waals surface area contributed by atoms with Crippen LogP contribution in [-0.2, 0) is 9.53 Å². The third kappa shape index (κ3) is 3.18. The second-order valence-corrected chi connectivity index (χ2v) is 6.65. The molecule has 0 atom stereocenters. The Labute approximate surface area is 147 Å². The van der Waals surface area contributed by atoms with Gasteiger partial charge in [-0.15, -0.1) is 0 Å². The van der Waals surface area contributed by atoms with E-state index in [0.717, 1.165) is 42.6 Å². The van der Waals surface area contributed by atoms with Crippen LogP contribution in [0.2, 0.25) is 0 Å². The Morgan fingerprint density at radius 2 is 2.04 bits per heavy atom. The predicted molar refractivity (Wildman–Crippen MR) is 98.9 cm³/mol. The monoisotopic (exact) mass is 337 g/mol. The number of ether oxygens (including phenoxy) is 1. The number of esters is 1. The molecule has 1 fully saturated rings. The topological polar surface area (TPSA) is 46.8 Å². The number of nitrogens with zero attached hydrogens (tertiary/aromatic N) is 3. The highest BCUT2D eigenvalue weighted by Gasteiger charge is 2.22. The first-order valence-corrected chi connectivity index (χ1v) is 9.02. The van der Waals surface area contributed by atoms with E-state index in [1.54, 1.807) is 0 Å². The van der Waals surface area contributed by atoms with Crippen LogP contribution in [0.4, 0.5) is 5.69 Å². The smallest absolute Gasteiger partial charge is 0.306 e. The molecule has 5 heteroatoms. The first-order valence-electron chi connectivity index (χ1n) is 9.02. The summed E-state index contributed by atoms with van der Waals surface area (Å²) in [7, 11) is 0. The highest BCUT2D eigenvalue weighted by Crippen LogP contribution is 2.27. The van der Waals surface area contributed by atoms with E-state index in [1.165, 1.54) is 5.69 Å². The number of para-hydroxylation sites is 2. The molecule has 0 N–H and O–H groups in total. The molecule has 4 rings (SSSR count). The van der Waals surface area contributed by atoms with E-state index >= 15 is 0 Å². The molecule has 0 amide bonds. The maximum atomic E-state index is 11.6. The largest absolute Gasteiger partial charge is 0.466 e. The van der Waals surface area contributed by atoms with Gasteiger partial charge < -0.3 is 9.64 Å². The SMILES string of the molecule is CCOC(=O)CC1CCN(c2ccn3c(c2)nc2ccccc23)CC1. The molecule has 0 bridgehead atoms. The van der Waals surface area contributed by atoms with Crippen LogP contribution in [0.25, 0.3) is 16.7 Å². The van der Waals surface area contributed by atoms with E-state index < -0.39 is 0 Å². The van der Waals surface area contributed by atoms with Crippen molar-refractivity contribution < 1.29 is 9.53 Å². The molecule has 5 nitrogen and oxygen atoms in total. The summed E-state index contributed by atoms with van der Waals surface area (Å²) in [6.07, 6.45) is 4.71. The fraction of sp³-hybridized carbons (Fsp3) is 0.400. The normalized spacial score (nSPS) is 15.8. The number of piperidine rings is 1. The van der Waals surface area contributed by atoms with Gasteiger partial charge in [-0.3, -0.25) is 9.20 Å². The molecule has 0 radical (unpaired) electrons. The van der Waals surface area contributed by atoms with E-state index in [1.807, 2.05) is 25.1 Å². The molecule has 1 saturated heterocycles. The summed E-state index contributed by atoms with van der Waals surface area (Å²) in [4.78, 5) is 18.8. The van der Waals surface area contributed by atoms with Crippen molar-refractivity contribution in [1.82, 2.24) is 9.38 Å². The van der Waals surface area contributed by atoms with Crippen LogP contribution in [0.5, 0.6) is 0 Å². The van der Waals surface area contributed by atoms with E-state index in [-0.39, 0.29) is 5.97 Å². The lowest BCUT2D eigenvalue weighted by Gasteiger charge is -2.33. The number of carbonyl (C=O) groups is 1. The summed E-state index contributed by atoms with van der Waals surface area (Å²) in [5, 5.41) is 0. The van der Waals surface area contributed by atoms with Gasteiger partial charge in [0.15, 0.2) is 0 Å². The van der Waals surface area contributed by atoms with Gasteiger partial charge in [-0.25, -0.2) is 4.98 Å². The van der Waals surface area contributed by atoms with Crippen molar-refractivity contribution in [2.45, 2.75) is 26.2 Å². The van der Waals surface area contributed by atoms with Crippen molar-refractivity contribution in [2.24, 2.45) is 5.92 Å². The summed E-state index contributed by atoms with van der Waals surface area (Å²) in [6, 6.07) is 12.5. The van der Waals surface area contributed by atoms with E-state index in [9.17, 15) is 4.79 Å². The second-order valence-electron chi connectivity index (χ2n) is 6.65. The number of fused-ring (bicyclic) bond motifs is 3. The maximum Gasteiger partial charge on any atom is 0.306 e. The zero-order valence-corrected chi connectivity index (χ0v) is 14.5. The molecule has 3 aromatic rings. The van der Waals surface area contributed by atoms with Gasteiger partial charge in [-0.2, -0.15) is 0 Å².